The SMILES string of the molecule is CC(C)(C)OC(=O)C(F)(F)C12CC(C1)C2. The molecule has 0 aliphatic heterocycles. The zero-order valence-electron chi connectivity index (χ0n) is 9.27. The second kappa shape index (κ2) is 2.71. The minimum Gasteiger partial charge on any atom is -0.456 e. The fraction of sp³-hybridized carbons (Fsp3) is 0.909. The standard InChI is InChI=1S/C11H16F2O2/c1-9(2,3)15-8(14)11(12,13)10-4-7(5-10)6-10/h7H,4-6H2,1-3H3. The highest BCUT2D eigenvalue weighted by Gasteiger charge is 2.73. The van der Waals surface area contributed by atoms with Crippen molar-refractivity contribution in [3.8, 4) is 0 Å². The Morgan fingerprint density at radius 1 is 1.27 bits per heavy atom. The highest BCUT2D eigenvalue weighted by molar-refractivity contribution is 5.80. The Kier molecular flexibility index (Phi) is 1.96. The summed E-state index contributed by atoms with van der Waals surface area (Å²) in [5.41, 5.74) is -1.90. The lowest BCUT2D eigenvalue weighted by Gasteiger charge is -2.63. The van der Waals surface area contributed by atoms with Gasteiger partial charge in [-0.25, -0.2) is 4.79 Å². The van der Waals surface area contributed by atoms with E-state index in [1.807, 2.05) is 0 Å². The van der Waals surface area contributed by atoms with E-state index in [-0.39, 0.29) is 0 Å². The lowest BCUT2D eigenvalue weighted by atomic mass is 9.42. The lowest BCUT2D eigenvalue weighted by Crippen LogP contribution is -2.65. The van der Waals surface area contributed by atoms with Crippen LogP contribution in [0.2, 0.25) is 0 Å². The summed E-state index contributed by atoms with van der Waals surface area (Å²) >= 11 is 0. The van der Waals surface area contributed by atoms with Gasteiger partial charge >= 0.3 is 11.9 Å². The van der Waals surface area contributed by atoms with Gasteiger partial charge in [0.15, 0.2) is 0 Å². The van der Waals surface area contributed by atoms with E-state index in [9.17, 15) is 13.6 Å². The van der Waals surface area contributed by atoms with Crippen LogP contribution in [0.3, 0.4) is 0 Å². The van der Waals surface area contributed by atoms with Crippen molar-refractivity contribution in [1.29, 1.82) is 0 Å². The number of carbonyl (C=O) groups is 1. The van der Waals surface area contributed by atoms with Gasteiger partial charge in [0.25, 0.3) is 0 Å². The first-order valence-electron chi connectivity index (χ1n) is 5.28. The molecule has 3 fully saturated rings. The van der Waals surface area contributed by atoms with Gasteiger partial charge in [0.1, 0.15) is 5.60 Å². The Labute approximate surface area is 88.0 Å². The van der Waals surface area contributed by atoms with Crippen molar-refractivity contribution in [1.82, 2.24) is 0 Å². The van der Waals surface area contributed by atoms with Crippen molar-refractivity contribution in [3.63, 3.8) is 0 Å². The molecule has 3 aliphatic rings. The van der Waals surface area contributed by atoms with E-state index in [2.05, 4.69) is 0 Å². The fourth-order valence-corrected chi connectivity index (χ4v) is 2.42. The molecule has 0 radical (unpaired) electrons. The van der Waals surface area contributed by atoms with Gasteiger partial charge in [0, 0.05) is 5.41 Å². The van der Waals surface area contributed by atoms with Gasteiger partial charge in [-0.05, 0) is 46.0 Å². The molecule has 0 heterocycles. The van der Waals surface area contributed by atoms with E-state index in [1.54, 1.807) is 20.8 Å². The van der Waals surface area contributed by atoms with Crippen molar-refractivity contribution in [2.24, 2.45) is 11.3 Å². The molecule has 0 aromatic rings. The average molecular weight is 218 g/mol. The second-order valence-corrected chi connectivity index (χ2v) is 5.84. The number of hydrogen-bond acceptors (Lipinski definition) is 2. The minimum atomic E-state index is -3.30. The predicted octanol–water partition coefficient (Wildman–Crippen LogP) is 2.76. The maximum Gasteiger partial charge on any atom is 0.378 e. The highest BCUT2D eigenvalue weighted by Crippen LogP contribution is 2.71. The first-order valence-corrected chi connectivity index (χ1v) is 5.28. The Balaban J connectivity index is 2.05. The van der Waals surface area contributed by atoms with E-state index in [0.29, 0.717) is 25.2 Å². The third-order valence-electron chi connectivity index (χ3n) is 3.36. The van der Waals surface area contributed by atoms with Crippen molar-refractivity contribution < 1.29 is 18.3 Å². The van der Waals surface area contributed by atoms with Gasteiger partial charge < -0.3 is 4.74 Å². The molecular weight excluding hydrogens is 202 g/mol. The molecule has 0 atom stereocenters. The molecule has 0 N–H and O–H groups in total. The minimum absolute atomic E-state index is 0.429. The molecule has 0 amide bonds. The smallest absolute Gasteiger partial charge is 0.378 e. The van der Waals surface area contributed by atoms with Crippen molar-refractivity contribution >= 4 is 5.97 Å². The van der Waals surface area contributed by atoms with Crippen LogP contribution < -0.4 is 0 Å². The summed E-state index contributed by atoms with van der Waals surface area (Å²) in [5.74, 6) is -4.22. The monoisotopic (exact) mass is 218 g/mol. The molecular formula is C11H16F2O2. The second-order valence-electron chi connectivity index (χ2n) is 5.84. The van der Waals surface area contributed by atoms with Crippen LogP contribution >= 0.6 is 0 Å². The number of ether oxygens (including phenoxy) is 1. The fourth-order valence-electron chi connectivity index (χ4n) is 2.42. The van der Waals surface area contributed by atoms with E-state index in [1.165, 1.54) is 0 Å². The summed E-state index contributed by atoms with van der Waals surface area (Å²) in [7, 11) is 0. The Hall–Kier alpha value is -0.670. The Morgan fingerprint density at radius 3 is 2.00 bits per heavy atom. The number of esters is 1. The molecule has 0 saturated heterocycles. The molecule has 3 saturated carbocycles. The molecule has 0 unspecified atom stereocenters. The Bertz CT molecular complexity index is 287. The topological polar surface area (TPSA) is 26.3 Å². The first kappa shape index (κ1) is 10.8. The summed E-state index contributed by atoms with van der Waals surface area (Å²) in [5, 5.41) is 0. The molecule has 86 valence electrons. The maximum absolute atomic E-state index is 13.7. The lowest BCUT2D eigenvalue weighted by molar-refractivity contribution is -0.270. The van der Waals surface area contributed by atoms with Crippen LogP contribution in [-0.2, 0) is 9.53 Å². The molecule has 2 nitrogen and oxygen atoms in total. The van der Waals surface area contributed by atoms with Crippen molar-refractivity contribution in [2.75, 3.05) is 0 Å². The van der Waals surface area contributed by atoms with Crippen LogP contribution in [0, 0.1) is 11.3 Å². The summed E-state index contributed by atoms with van der Waals surface area (Å²) in [6.07, 6.45) is 1.46. The van der Waals surface area contributed by atoms with Crippen LogP contribution in [0.5, 0.6) is 0 Å². The molecule has 0 aromatic heterocycles. The predicted molar refractivity (Wildman–Crippen MR) is 50.6 cm³/mol. The quantitative estimate of drug-likeness (QED) is 0.666. The highest BCUT2D eigenvalue weighted by atomic mass is 19.3. The van der Waals surface area contributed by atoms with Crippen LogP contribution in [0.1, 0.15) is 40.0 Å². The molecule has 15 heavy (non-hydrogen) atoms. The summed E-state index contributed by atoms with van der Waals surface area (Å²) in [6, 6.07) is 0. The van der Waals surface area contributed by atoms with E-state index in [4.69, 9.17) is 4.74 Å². The van der Waals surface area contributed by atoms with Crippen LogP contribution in [-0.4, -0.2) is 17.5 Å². The van der Waals surface area contributed by atoms with Gasteiger partial charge in [-0.2, -0.15) is 8.78 Å². The number of halogens is 2. The van der Waals surface area contributed by atoms with Crippen molar-refractivity contribution in [3.05, 3.63) is 0 Å². The van der Waals surface area contributed by atoms with Crippen LogP contribution in [0.15, 0.2) is 0 Å². The summed E-state index contributed by atoms with van der Waals surface area (Å²) in [6.45, 7) is 4.80. The maximum atomic E-state index is 13.7. The zero-order chi connectivity index (χ0) is 11.5. The van der Waals surface area contributed by atoms with E-state index < -0.39 is 22.9 Å². The van der Waals surface area contributed by atoms with E-state index >= 15 is 0 Å². The third-order valence-corrected chi connectivity index (χ3v) is 3.36. The molecule has 2 bridgehead atoms. The van der Waals surface area contributed by atoms with Gasteiger partial charge in [0.2, 0.25) is 0 Å². The average Bonchev–Trinajstić information content (AvgIpc) is 1.72. The number of hydrogen-bond donors (Lipinski definition) is 0. The number of alkyl halides is 2. The molecule has 3 aliphatic carbocycles. The van der Waals surface area contributed by atoms with Gasteiger partial charge in [-0.3, -0.25) is 0 Å². The normalized spacial score (nSPS) is 34.1. The largest absolute Gasteiger partial charge is 0.456 e. The summed E-state index contributed by atoms with van der Waals surface area (Å²) < 4.78 is 32.2. The van der Waals surface area contributed by atoms with E-state index in [0.717, 1.165) is 0 Å². The number of carbonyl (C=O) groups excluding carboxylic acids is 1. The number of rotatable bonds is 2. The van der Waals surface area contributed by atoms with Gasteiger partial charge in [-0.1, -0.05) is 0 Å². The third kappa shape index (κ3) is 1.45. The zero-order valence-corrected chi connectivity index (χ0v) is 9.27. The van der Waals surface area contributed by atoms with Crippen LogP contribution in [0.25, 0.3) is 0 Å². The van der Waals surface area contributed by atoms with Gasteiger partial charge in [-0.15, -0.1) is 0 Å². The van der Waals surface area contributed by atoms with Crippen LogP contribution in [0.4, 0.5) is 8.78 Å². The molecule has 0 aromatic carbocycles. The molecule has 4 heteroatoms. The molecule has 0 spiro atoms. The van der Waals surface area contributed by atoms with Crippen molar-refractivity contribution in [2.45, 2.75) is 51.6 Å². The first-order chi connectivity index (χ1) is 6.66. The Morgan fingerprint density at radius 2 is 1.73 bits per heavy atom. The summed E-state index contributed by atoms with van der Waals surface area (Å²) in [4.78, 5) is 11.4. The van der Waals surface area contributed by atoms with Gasteiger partial charge in [0.05, 0.1) is 0 Å². The molecule has 3 rings (SSSR count).